The summed E-state index contributed by atoms with van der Waals surface area (Å²) in [4.78, 5) is 15.9. The number of carbonyl (C=O) groups excluding carboxylic acids is 1. The molecule has 0 amide bonds. The van der Waals surface area contributed by atoms with Gasteiger partial charge in [0, 0.05) is 16.5 Å². The third-order valence-corrected chi connectivity index (χ3v) is 5.02. The molecule has 0 fully saturated rings. The molecule has 1 aromatic heterocycles. The minimum Gasteiger partial charge on any atom is -0.354 e. The SMILES string of the molecule is Cc1ccc2c([C@@H](C(=O)C(F)(F)F)c3ccccc3)c(-c3ccccc3)[nH]c2c1. The zero-order valence-corrected chi connectivity index (χ0v) is 15.6. The Balaban J connectivity index is 2.06. The summed E-state index contributed by atoms with van der Waals surface area (Å²) in [6.45, 7) is 1.91. The second kappa shape index (κ2) is 7.24. The van der Waals surface area contributed by atoms with Crippen molar-refractivity contribution in [1.29, 1.82) is 0 Å². The van der Waals surface area contributed by atoms with Gasteiger partial charge in [-0.3, -0.25) is 4.79 Å². The van der Waals surface area contributed by atoms with Crippen LogP contribution in [0.15, 0.2) is 78.9 Å². The van der Waals surface area contributed by atoms with E-state index in [0.717, 1.165) is 11.1 Å². The molecular formula is C24H18F3NO. The van der Waals surface area contributed by atoms with Crippen LogP contribution >= 0.6 is 0 Å². The first-order chi connectivity index (χ1) is 13.9. The number of H-pyrrole nitrogens is 1. The lowest BCUT2D eigenvalue weighted by Crippen LogP contribution is -2.30. The van der Waals surface area contributed by atoms with E-state index < -0.39 is 17.9 Å². The van der Waals surface area contributed by atoms with Gasteiger partial charge in [0.25, 0.3) is 0 Å². The Morgan fingerprint density at radius 3 is 2.14 bits per heavy atom. The molecule has 1 atom stereocenters. The molecule has 0 aliphatic carbocycles. The van der Waals surface area contributed by atoms with E-state index in [2.05, 4.69) is 4.98 Å². The van der Waals surface area contributed by atoms with E-state index in [1.165, 1.54) is 0 Å². The number of hydrogen-bond acceptors (Lipinski definition) is 1. The lowest BCUT2D eigenvalue weighted by atomic mass is 9.84. The summed E-state index contributed by atoms with van der Waals surface area (Å²) < 4.78 is 40.8. The number of Topliss-reactive ketones (excluding diaryl/α,β-unsaturated/α-hetero) is 1. The van der Waals surface area contributed by atoms with E-state index in [-0.39, 0.29) is 0 Å². The predicted molar refractivity (Wildman–Crippen MR) is 108 cm³/mol. The summed E-state index contributed by atoms with van der Waals surface area (Å²) in [7, 11) is 0. The molecule has 4 aromatic rings. The number of ketones is 1. The van der Waals surface area contributed by atoms with Crippen LogP contribution in [-0.4, -0.2) is 16.9 Å². The van der Waals surface area contributed by atoms with E-state index in [1.807, 2.05) is 49.4 Å². The first-order valence-corrected chi connectivity index (χ1v) is 9.20. The third kappa shape index (κ3) is 3.56. The Hall–Kier alpha value is -3.34. The Bertz CT molecular complexity index is 1160. The lowest BCUT2D eigenvalue weighted by Gasteiger charge is -2.20. The summed E-state index contributed by atoms with van der Waals surface area (Å²) in [5, 5.41) is 0.612. The number of nitrogens with one attached hydrogen (secondary N) is 1. The third-order valence-electron chi connectivity index (χ3n) is 5.02. The van der Waals surface area contributed by atoms with E-state index in [1.54, 1.807) is 36.4 Å². The summed E-state index contributed by atoms with van der Waals surface area (Å²) >= 11 is 0. The van der Waals surface area contributed by atoms with Gasteiger partial charge >= 0.3 is 6.18 Å². The predicted octanol–water partition coefficient (Wildman–Crippen LogP) is 6.41. The Labute approximate surface area is 166 Å². The van der Waals surface area contributed by atoms with Crippen molar-refractivity contribution in [3.63, 3.8) is 0 Å². The highest BCUT2D eigenvalue weighted by molar-refractivity contribution is 6.02. The molecule has 29 heavy (non-hydrogen) atoms. The fourth-order valence-electron chi connectivity index (χ4n) is 3.72. The van der Waals surface area contributed by atoms with Crippen molar-refractivity contribution in [2.75, 3.05) is 0 Å². The normalized spacial score (nSPS) is 12.8. The van der Waals surface area contributed by atoms with Crippen molar-refractivity contribution in [2.45, 2.75) is 19.0 Å². The van der Waals surface area contributed by atoms with Gasteiger partial charge in [-0.05, 0) is 29.7 Å². The quantitative estimate of drug-likeness (QED) is 0.427. The average molecular weight is 393 g/mol. The fraction of sp³-hybridized carbons (Fsp3) is 0.125. The van der Waals surface area contributed by atoms with Crippen molar-refractivity contribution in [2.24, 2.45) is 0 Å². The molecule has 4 rings (SSSR count). The van der Waals surface area contributed by atoms with Crippen LogP contribution in [0.25, 0.3) is 22.2 Å². The zero-order valence-electron chi connectivity index (χ0n) is 15.6. The van der Waals surface area contributed by atoms with Gasteiger partial charge in [0.2, 0.25) is 5.78 Å². The molecule has 1 heterocycles. The number of benzene rings is 3. The molecule has 1 N–H and O–H groups in total. The first-order valence-electron chi connectivity index (χ1n) is 9.20. The standard InChI is InChI=1S/C24H18F3NO/c1-15-12-13-18-19(14-15)28-22(17-10-6-3-7-11-17)21(18)20(23(29)24(25,26)27)16-8-4-2-5-9-16/h2-14,20,28H,1H3/t20-/m0/s1. The number of aromatic nitrogens is 1. The Kier molecular flexibility index (Phi) is 4.74. The van der Waals surface area contributed by atoms with E-state index in [9.17, 15) is 18.0 Å². The molecule has 0 spiro atoms. The molecule has 0 radical (unpaired) electrons. The van der Waals surface area contributed by atoms with Crippen molar-refractivity contribution in [3.05, 3.63) is 95.6 Å². The molecule has 0 saturated heterocycles. The maximum Gasteiger partial charge on any atom is 0.450 e. The molecule has 0 aliphatic heterocycles. The first kappa shape index (κ1) is 19.0. The molecule has 5 heteroatoms. The number of aryl methyl sites for hydroxylation is 1. The van der Waals surface area contributed by atoms with Crippen molar-refractivity contribution < 1.29 is 18.0 Å². The number of fused-ring (bicyclic) bond motifs is 1. The minimum absolute atomic E-state index is 0.313. The zero-order chi connectivity index (χ0) is 20.6. The smallest absolute Gasteiger partial charge is 0.354 e. The van der Waals surface area contributed by atoms with Crippen LogP contribution in [0.4, 0.5) is 13.2 Å². The molecule has 2 nitrogen and oxygen atoms in total. The van der Waals surface area contributed by atoms with E-state index >= 15 is 0 Å². The molecule has 0 bridgehead atoms. The maximum atomic E-state index is 13.6. The topological polar surface area (TPSA) is 32.9 Å². The molecule has 0 unspecified atom stereocenters. The second-order valence-corrected chi connectivity index (χ2v) is 7.03. The number of carbonyl (C=O) groups is 1. The van der Waals surface area contributed by atoms with Crippen LogP contribution in [0.1, 0.15) is 22.6 Å². The highest BCUT2D eigenvalue weighted by Crippen LogP contribution is 2.42. The van der Waals surface area contributed by atoms with Crippen molar-refractivity contribution >= 4 is 16.7 Å². The van der Waals surface area contributed by atoms with Crippen LogP contribution in [0.2, 0.25) is 0 Å². The summed E-state index contributed by atoms with van der Waals surface area (Å²) in [5.41, 5.74) is 3.59. The van der Waals surface area contributed by atoms with Crippen LogP contribution in [0, 0.1) is 6.92 Å². The number of alkyl halides is 3. The summed E-state index contributed by atoms with van der Waals surface area (Å²) in [6.07, 6.45) is -4.96. The number of halogens is 3. The van der Waals surface area contributed by atoms with E-state index in [0.29, 0.717) is 27.7 Å². The number of aromatic amines is 1. The van der Waals surface area contributed by atoms with Gasteiger partial charge in [-0.1, -0.05) is 72.8 Å². The minimum atomic E-state index is -4.96. The van der Waals surface area contributed by atoms with Crippen LogP contribution < -0.4 is 0 Å². The van der Waals surface area contributed by atoms with Crippen molar-refractivity contribution in [3.8, 4) is 11.3 Å². The lowest BCUT2D eigenvalue weighted by molar-refractivity contribution is -0.171. The van der Waals surface area contributed by atoms with Gasteiger partial charge in [0.15, 0.2) is 0 Å². The summed E-state index contributed by atoms with van der Waals surface area (Å²) in [5.74, 6) is -3.23. The molecular weight excluding hydrogens is 375 g/mol. The molecule has 146 valence electrons. The number of rotatable bonds is 4. The second-order valence-electron chi connectivity index (χ2n) is 7.03. The van der Waals surface area contributed by atoms with Gasteiger partial charge < -0.3 is 4.98 Å². The maximum absolute atomic E-state index is 13.6. The summed E-state index contributed by atoms with van der Waals surface area (Å²) in [6, 6.07) is 22.8. The fourth-order valence-corrected chi connectivity index (χ4v) is 3.72. The van der Waals surface area contributed by atoms with Gasteiger partial charge in [-0.2, -0.15) is 13.2 Å². The van der Waals surface area contributed by atoms with Crippen molar-refractivity contribution in [1.82, 2.24) is 4.98 Å². The Morgan fingerprint density at radius 2 is 1.52 bits per heavy atom. The Morgan fingerprint density at radius 1 is 0.897 bits per heavy atom. The number of hydrogen-bond donors (Lipinski definition) is 1. The molecule has 3 aromatic carbocycles. The molecule has 0 saturated carbocycles. The van der Waals surface area contributed by atoms with Gasteiger partial charge in [0.1, 0.15) is 0 Å². The van der Waals surface area contributed by atoms with Crippen LogP contribution in [0.5, 0.6) is 0 Å². The average Bonchev–Trinajstić information content (AvgIpc) is 3.07. The van der Waals surface area contributed by atoms with Gasteiger partial charge in [0.05, 0.1) is 11.6 Å². The van der Waals surface area contributed by atoms with Crippen LogP contribution in [-0.2, 0) is 4.79 Å². The van der Waals surface area contributed by atoms with Gasteiger partial charge in [-0.15, -0.1) is 0 Å². The monoisotopic (exact) mass is 393 g/mol. The highest BCUT2D eigenvalue weighted by atomic mass is 19.4. The largest absolute Gasteiger partial charge is 0.450 e. The van der Waals surface area contributed by atoms with Crippen LogP contribution in [0.3, 0.4) is 0 Å². The molecule has 0 aliphatic rings. The highest BCUT2D eigenvalue weighted by Gasteiger charge is 2.46. The van der Waals surface area contributed by atoms with E-state index in [4.69, 9.17) is 0 Å². The van der Waals surface area contributed by atoms with Gasteiger partial charge in [-0.25, -0.2) is 0 Å².